The zero-order valence-electron chi connectivity index (χ0n) is 11.1. The number of hydrogen-bond donors (Lipinski definition) is 1. The van der Waals surface area contributed by atoms with Crippen LogP contribution in [0.1, 0.15) is 27.0 Å². The molecule has 2 aromatic carbocycles. The average molecular weight is 322 g/mol. The topological polar surface area (TPSA) is 40.5 Å². The normalized spacial score (nSPS) is 14.2. The highest BCUT2D eigenvalue weighted by atomic mass is 35.5. The summed E-state index contributed by atoms with van der Waals surface area (Å²) in [5.41, 5.74) is 3.44. The van der Waals surface area contributed by atoms with E-state index in [0.29, 0.717) is 28.7 Å². The number of nitrogens with zero attached hydrogens (tertiary/aromatic N) is 1. The van der Waals surface area contributed by atoms with Crippen LogP contribution < -0.4 is 0 Å². The van der Waals surface area contributed by atoms with Gasteiger partial charge in [0.1, 0.15) is 0 Å². The van der Waals surface area contributed by atoms with Gasteiger partial charge >= 0.3 is 5.97 Å². The molecule has 0 aromatic heterocycles. The van der Waals surface area contributed by atoms with Gasteiger partial charge in [-0.3, -0.25) is 4.90 Å². The van der Waals surface area contributed by atoms with Crippen molar-refractivity contribution in [3.05, 3.63) is 68.7 Å². The summed E-state index contributed by atoms with van der Waals surface area (Å²) in [6.07, 6.45) is 0. The summed E-state index contributed by atoms with van der Waals surface area (Å²) in [5.74, 6) is -0.898. The Hall–Kier alpha value is -1.55. The fraction of sp³-hybridized carbons (Fsp3) is 0.188. The van der Waals surface area contributed by atoms with E-state index in [9.17, 15) is 4.79 Å². The van der Waals surface area contributed by atoms with E-state index < -0.39 is 5.97 Å². The van der Waals surface area contributed by atoms with Crippen LogP contribution in [0, 0.1) is 0 Å². The highest BCUT2D eigenvalue weighted by Gasteiger charge is 2.21. The molecule has 1 aliphatic rings. The second-order valence-corrected chi connectivity index (χ2v) is 5.95. The van der Waals surface area contributed by atoms with Gasteiger partial charge in [0.15, 0.2) is 0 Å². The smallest absolute Gasteiger partial charge is 0.335 e. The van der Waals surface area contributed by atoms with Crippen LogP contribution in [-0.4, -0.2) is 16.0 Å². The standard InChI is InChI=1S/C16H13Cl2NO2/c17-14-2-1-3-15(18)13(14)9-19-7-11-5-4-10(16(20)21)6-12(11)8-19/h1-6H,7-9H2,(H,20,21). The lowest BCUT2D eigenvalue weighted by molar-refractivity contribution is 0.0696. The molecule has 0 amide bonds. The lowest BCUT2D eigenvalue weighted by Gasteiger charge is -2.16. The summed E-state index contributed by atoms with van der Waals surface area (Å²) < 4.78 is 0. The maximum atomic E-state index is 11.0. The lowest BCUT2D eigenvalue weighted by Crippen LogP contribution is -2.16. The molecule has 0 bridgehead atoms. The summed E-state index contributed by atoms with van der Waals surface area (Å²) in [7, 11) is 0. The summed E-state index contributed by atoms with van der Waals surface area (Å²) in [4.78, 5) is 13.2. The van der Waals surface area contributed by atoms with E-state index in [2.05, 4.69) is 4.90 Å². The Morgan fingerprint density at radius 3 is 2.43 bits per heavy atom. The van der Waals surface area contributed by atoms with E-state index in [1.807, 2.05) is 24.3 Å². The number of benzene rings is 2. The SMILES string of the molecule is O=C(O)c1ccc2c(c1)CN(Cc1c(Cl)cccc1Cl)C2. The third kappa shape index (κ3) is 2.91. The van der Waals surface area contributed by atoms with E-state index >= 15 is 0 Å². The first-order chi connectivity index (χ1) is 10.0. The van der Waals surface area contributed by atoms with Crippen LogP contribution in [0.3, 0.4) is 0 Å². The molecule has 0 atom stereocenters. The number of rotatable bonds is 3. The van der Waals surface area contributed by atoms with Crippen LogP contribution in [0.2, 0.25) is 10.0 Å². The highest BCUT2D eigenvalue weighted by Crippen LogP contribution is 2.30. The van der Waals surface area contributed by atoms with Crippen molar-refractivity contribution in [3.8, 4) is 0 Å². The lowest BCUT2D eigenvalue weighted by atomic mass is 10.1. The molecule has 0 saturated carbocycles. The molecule has 1 aliphatic heterocycles. The summed E-state index contributed by atoms with van der Waals surface area (Å²) in [6.45, 7) is 2.13. The van der Waals surface area contributed by atoms with E-state index in [4.69, 9.17) is 28.3 Å². The molecule has 2 aromatic rings. The Kier molecular flexibility index (Phi) is 3.89. The van der Waals surface area contributed by atoms with Gasteiger partial charge in [0.25, 0.3) is 0 Å². The number of halogens is 2. The molecule has 0 saturated heterocycles. The summed E-state index contributed by atoms with van der Waals surface area (Å²) in [6, 6.07) is 10.8. The first-order valence-corrected chi connectivity index (χ1v) is 7.30. The minimum atomic E-state index is -0.898. The minimum Gasteiger partial charge on any atom is -0.478 e. The van der Waals surface area contributed by atoms with Crippen molar-refractivity contribution in [2.45, 2.75) is 19.6 Å². The average Bonchev–Trinajstić information content (AvgIpc) is 2.84. The van der Waals surface area contributed by atoms with Crippen molar-refractivity contribution in [2.75, 3.05) is 0 Å². The molecular formula is C16H13Cl2NO2. The Balaban J connectivity index is 1.80. The van der Waals surface area contributed by atoms with Crippen molar-refractivity contribution in [1.82, 2.24) is 4.90 Å². The van der Waals surface area contributed by atoms with Crippen LogP contribution in [0.15, 0.2) is 36.4 Å². The molecule has 3 nitrogen and oxygen atoms in total. The maximum Gasteiger partial charge on any atom is 0.335 e. The van der Waals surface area contributed by atoms with Crippen molar-refractivity contribution in [2.24, 2.45) is 0 Å². The van der Waals surface area contributed by atoms with E-state index in [0.717, 1.165) is 23.2 Å². The predicted molar refractivity (Wildman–Crippen MR) is 82.8 cm³/mol. The predicted octanol–water partition coefficient (Wildman–Crippen LogP) is 4.21. The monoisotopic (exact) mass is 321 g/mol. The number of carboxylic acid groups (broad SMARTS) is 1. The minimum absolute atomic E-state index is 0.325. The summed E-state index contributed by atoms with van der Waals surface area (Å²) >= 11 is 12.4. The molecule has 0 unspecified atom stereocenters. The maximum absolute atomic E-state index is 11.0. The molecular weight excluding hydrogens is 309 g/mol. The zero-order chi connectivity index (χ0) is 15.0. The van der Waals surface area contributed by atoms with Crippen LogP contribution in [0.4, 0.5) is 0 Å². The van der Waals surface area contributed by atoms with Gasteiger partial charge in [0.2, 0.25) is 0 Å². The van der Waals surface area contributed by atoms with Crippen molar-refractivity contribution in [1.29, 1.82) is 0 Å². The third-order valence-corrected chi connectivity index (χ3v) is 4.39. The molecule has 3 rings (SSSR count). The Labute approximate surface area is 132 Å². The fourth-order valence-corrected chi connectivity index (χ4v) is 3.13. The zero-order valence-corrected chi connectivity index (χ0v) is 12.7. The first kappa shape index (κ1) is 14.4. The van der Waals surface area contributed by atoms with Crippen LogP contribution in [0.5, 0.6) is 0 Å². The number of fused-ring (bicyclic) bond motifs is 1. The highest BCUT2D eigenvalue weighted by molar-refractivity contribution is 6.35. The van der Waals surface area contributed by atoms with Gasteiger partial charge in [-0.2, -0.15) is 0 Å². The fourth-order valence-electron chi connectivity index (χ4n) is 2.62. The van der Waals surface area contributed by atoms with Crippen LogP contribution in [-0.2, 0) is 19.6 Å². The van der Waals surface area contributed by atoms with Gasteiger partial charge in [0, 0.05) is 35.2 Å². The Morgan fingerprint density at radius 2 is 1.76 bits per heavy atom. The molecule has 21 heavy (non-hydrogen) atoms. The summed E-state index contributed by atoms with van der Waals surface area (Å²) in [5, 5.41) is 10.4. The van der Waals surface area contributed by atoms with Crippen LogP contribution >= 0.6 is 23.2 Å². The number of carboxylic acids is 1. The Bertz CT molecular complexity index is 695. The van der Waals surface area contributed by atoms with Gasteiger partial charge in [-0.05, 0) is 35.4 Å². The molecule has 1 heterocycles. The second kappa shape index (κ2) is 5.68. The number of carbonyl (C=O) groups is 1. The molecule has 0 spiro atoms. The van der Waals surface area contributed by atoms with Gasteiger partial charge in [-0.15, -0.1) is 0 Å². The molecule has 1 N–H and O–H groups in total. The van der Waals surface area contributed by atoms with Crippen molar-refractivity contribution < 1.29 is 9.90 Å². The van der Waals surface area contributed by atoms with Gasteiger partial charge in [0.05, 0.1) is 5.56 Å². The second-order valence-electron chi connectivity index (χ2n) is 5.13. The van der Waals surface area contributed by atoms with Gasteiger partial charge < -0.3 is 5.11 Å². The number of aromatic carboxylic acids is 1. The van der Waals surface area contributed by atoms with Gasteiger partial charge in [-0.25, -0.2) is 4.79 Å². The molecule has 5 heteroatoms. The van der Waals surface area contributed by atoms with E-state index in [-0.39, 0.29) is 0 Å². The van der Waals surface area contributed by atoms with E-state index in [1.165, 1.54) is 0 Å². The largest absolute Gasteiger partial charge is 0.478 e. The first-order valence-electron chi connectivity index (χ1n) is 6.55. The van der Waals surface area contributed by atoms with Crippen molar-refractivity contribution in [3.63, 3.8) is 0 Å². The van der Waals surface area contributed by atoms with E-state index in [1.54, 1.807) is 12.1 Å². The molecule has 0 fully saturated rings. The van der Waals surface area contributed by atoms with Gasteiger partial charge in [-0.1, -0.05) is 35.3 Å². The van der Waals surface area contributed by atoms with Crippen molar-refractivity contribution >= 4 is 29.2 Å². The molecule has 108 valence electrons. The quantitative estimate of drug-likeness (QED) is 0.920. The molecule has 0 radical (unpaired) electrons. The van der Waals surface area contributed by atoms with Crippen LogP contribution in [0.25, 0.3) is 0 Å². The molecule has 0 aliphatic carbocycles. The third-order valence-electron chi connectivity index (χ3n) is 3.68. The Morgan fingerprint density at radius 1 is 1.10 bits per heavy atom. The number of hydrogen-bond acceptors (Lipinski definition) is 2.